The number of allylic oxidation sites excluding steroid dienone is 5. The van der Waals surface area contributed by atoms with Crippen LogP contribution in [0.25, 0.3) is 0 Å². The molecular formula is C16H18FN. The average molecular weight is 243 g/mol. The third-order valence-corrected chi connectivity index (χ3v) is 3.15. The highest BCUT2D eigenvalue weighted by Crippen LogP contribution is 2.19. The third-order valence-electron chi connectivity index (χ3n) is 3.15. The Morgan fingerprint density at radius 2 is 2.00 bits per heavy atom. The first kappa shape index (κ1) is 12.6. The molecule has 1 aromatic carbocycles. The molecule has 2 heteroatoms. The first-order chi connectivity index (χ1) is 8.66. The van der Waals surface area contributed by atoms with Gasteiger partial charge < -0.3 is 5.32 Å². The molecule has 1 aromatic rings. The molecule has 0 bridgehead atoms. The number of anilines is 1. The largest absolute Gasteiger partial charge is 0.379 e. The standard InChI is InChI=1S/C16H18FN/c1-12-7-9-13(2)14(10-8-12)11-18-16-6-4-3-5-15(16)17/h3-10,13,18H,11H2,1-2H3. The fourth-order valence-corrected chi connectivity index (χ4v) is 1.89. The Morgan fingerprint density at radius 3 is 2.78 bits per heavy atom. The number of nitrogens with one attached hydrogen (secondary N) is 1. The zero-order valence-corrected chi connectivity index (χ0v) is 10.8. The molecular weight excluding hydrogens is 225 g/mol. The van der Waals surface area contributed by atoms with E-state index in [1.54, 1.807) is 12.1 Å². The Bertz CT molecular complexity index is 512. The van der Waals surface area contributed by atoms with Gasteiger partial charge in [0.2, 0.25) is 0 Å². The lowest BCUT2D eigenvalue weighted by Crippen LogP contribution is -2.10. The quantitative estimate of drug-likeness (QED) is 0.833. The molecule has 0 amide bonds. The molecule has 0 aromatic heterocycles. The van der Waals surface area contributed by atoms with E-state index >= 15 is 0 Å². The highest BCUT2D eigenvalue weighted by molar-refractivity contribution is 5.46. The average Bonchev–Trinajstić information content (AvgIpc) is 2.52. The van der Waals surface area contributed by atoms with Crippen molar-refractivity contribution < 1.29 is 4.39 Å². The van der Waals surface area contributed by atoms with Gasteiger partial charge in [-0.25, -0.2) is 4.39 Å². The molecule has 0 aliphatic heterocycles. The van der Waals surface area contributed by atoms with Gasteiger partial charge in [0.05, 0.1) is 5.69 Å². The van der Waals surface area contributed by atoms with Crippen LogP contribution in [0.1, 0.15) is 13.8 Å². The SMILES string of the molecule is CC1=CC=C(CNc2ccccc2F)C(C)C=C1. The van der Waals surface area contributed by atoms with Crippen LogP contribution in [0.15, 0.2) is 59.7 Å². The van der Waals surface area contributed by atoms with E-state index in [1.807, 2.05) is 6.07 Å². The normalized spacial score (nSPS) is 18.9. The maximum atomic E-state index is 13.5. The van der Waals surface area contributed by atoms with Crippen molar-refractivity contribution in [3.8, 4) is 0 Å². The molecule has 0 fully saturated rings. The van der Waals surface area contributed by atoms with Gasteiger partial charge in [-0.2, -0.15) is 0 Å². The highest BCUT2D eigenvalue weighted by Gasteiger charge is 2.08. The van der Waals surface area contributed by atoms with Gasteiger partial charge in [-0.3, -0.25) is 0 Å². The molecule has 0 spiro atoms. The topological polar surface area (TPSA) is 12.0 Å². The summed E-state index contributed by atoms with van der Waals surface area (Å²) >= 11 is 0. The van der Waals surface area contributed by atoms with Crippen LogP contribution in [0.3, 0.4) is 0 Å². The second-order valence-corrected chi connectivity index (χ2v) is 4.63. The lowest BCUT2D eigenvalue weighted by molar-refractivity contribution is 0.630. The summed E-state index contributed by atoms with van der Waals surface area (Å²) < 4.78 is 13.5. The minimum atomic E-state index is -0.207. The minimum absolute atomic E-state index is 0.207. The Morgan fingerprint density at radius 1 is 1.22 bits per heavy atom. The predicted molar refractivity (Wildman–Crippen MR) is 75.0 cm³/mol. The minimum Gasteiger partial charge on any atom is -0.379 e. The summed E-state index contributed by atoms with van der Waals surface area (Å²) in [5.41, 5.74) is 3.05. The molecule has 0 saturated heterocycles. The molecule has 2 rings (SSSR count). The fourth-order valence-electron chi connectivity index (χ4n) is 1.89. The molecule has 1 unspecified atom stereocenters. The second-order valence-electron chi connectivity index (χ2n) is 4.63. The van der Waals surface area contributed by atoms with E-state index in [2.05, 4.69) is 43.5 Å². The van der Waals surface area contributed by atoms with Crippen LogP contribution < -0.4 is 5.32 Å². The molecule has 1 N–H and O–H groups in total. The number of para-hydroxylation sites is 1. The Balaban J connectivity index is 2.06. The van der Waals surface area contributed by atoms with Crippen LogP contribution in [0.2, 0.25) is 0 Å². The first-order valence-corrected chi connectivity index (χ1v) is 6.21. The molecule has 1 atom stereocenters. The van der Waals surface area contributed by atoms with Crippen LogP contribution in [0, 0.1) is 11.7 Å². The summed E-state index contributed by atoms with van der Waals surface area (Å²) in [6, 6.07) is 6.76. The molecule has 0 heterocycles. The van der Waals surface area contributed by atoms with Gasteiger partial charge in [0.15, 0.2) is 0 Å². The zero-order valence-electron chi connectivity index (χ0n) is 10.8. The smallest absolute Gasteiger partial charge is 0.146 e. The van der Waals surface area contributed by atoms with Crippen molar-refractivity contribution in [2.45, 2.75) is 13.8 Å². The number of halogens is 1. The predicted octanol–water partition coefficient (Wildman–Crippen LogP) is 4.32. The van der Waals surface area contributed by atoms with E-state index in [9.17, 15) is 4.39 Å². The van der Waals surface area contributed by atoms with Gasteiger partial charge >= 0.3 is 0 Å². The van der Waals surface area contributed by atoms with Crippen LogP contribution in [-0.4, -0.2) is 6.54 Å². The Labute approximate surface area is 108 Å². The van der Waals surface area contributed by atoms with Crippen molar-refractivity contribution in [2.75, 3.05) is 11.9 Å². The summed E-state index contributed by atoms with van der Waals surface area (Å²) in [4.78, 5) is 0. The van der Waals surface area contributed by atoms with E-state index in [-0.39, 0.29) is 5.82 Å². The van der Waals surface area contributed by atoms with Crippen molar-refractivity contribution in [3.05, 3.63) is 65.5 Å². The maximum absolute atomic E-state index is 13.5. The van der Waals surface area contributed by atoms with Gasteiger partial charge in [-0.15, -0.1) is 0 Å². The van der Waals surface area contributed by atoms with Gasteiger partial charge in [-0.1, -0.05) is 48.9 Å². The van der Waals surface area contributed by atoms with Gasteiger partial charge in [0.1, 0.15) is 5.82 Å². The number of hydrogen-bond donors (Lipinski definition) is 1. The summed E-state index contributed by atoms with van der Waals surface area (Å²) in [5.74, 6) is 0.166. The molecule has 1 nitrogen and oxygen atoms in total. The molecule has 94 valence electrons. The Hall–Kier alpha value is -1.83. The summed E-state index contributed by atoms with van der Waals surface area (Å²) in [5, 5.41) is 3.15. The van der Waals surface area contributed by atoms with Crippen LogP contribution in [0.4, 0.5) is 10.1 Å². The number of hydrogen-bond acceptors (Lipinski definition) is 1. The monoisotopic (exact) mass is 243 g/mol. The molecule has 0 radical (unpaired) electrons. The third kappa shape index (κ3) is 3.10. The number of rotatable bonds is 3. The highest BCUT2D eigenvalue weighted by atomic mass is 19.1. The van der Waals surface area contributed by atoms with Gasteiger partial charge in [-0.05, 0) is 30.5 Å². The van der Waals surface area contributed by atoms with Gasteiger partial charge in [0, 0.05) is 6.54 Å². The van der Waals surface area contributed by atoms with Crippen molar-refractivity contribution in [2.24, 2.45) is 5.92 Å². The lowest BCUT2D eigenvalue weighted by atomic mass is 10.0. The van der Waals surface area contributed by atoms with Crippen molar-refractivity contribution in [1.82, 2.24) is 0 Å². The first-order valence-electron chi connectivity index (χ1n) is 6.21. The van der Waals surface area contributed by atoms with Crippen molar-refractivity contribution in [1.29, 1.82) is 0 Å². The summed E-state index contributed by atoms with van der Waals surface area (Å²) in [7, 11) is 0. The van der Waals surface area contributed by atoms with Crippen LogP contribution in [0.5, 0.6) is 0 Å². The second kappa shape index (κ2) is 5.67. The van der Waals surface area contributed by atoms with E-state index in [1.165, 1.54) is 17.2 Å². The summed E-state index contributed by atoms with van der Waals surface area (Å²) in [6.07, 6.45) is 8.51. The fraction of sp³-hybridized carbons (Fsp3) is 0.250. The van der Waals surface area contributed by atoms with E-state index in [0.717, 1.165) is 0 Å². The molecule has 1 aliphatic rings. The Kier molecular flexibility index (Phi) is 3.98. The van der Waals surface area contributed by atoms with E-state index in [0.29, 0.717) is 18.2 Å². The maximum Gasteiger partial charge on any atom is 0.146 e. The van der Waals surface area contributed by atoms with Crippen molar-refractivity contribution in [3.63, 3.8) is 0 Å². The zero-order chi connectivity index (χ0) is 13.0. The van der Waals surface area contributed by atoms with Crippen molar-refractivity contribution >= 4 is 5.69 Å². The van der Waals surface area contributed by atoms with Crippen LogP contribution >= 0.6 is 0 Å². The molecule has 1 aliphatic carbocycles. The lowest BCUT2D eigenvalue weighted by Gasteiger charge is -2.13. The number of benzene rings is 1. The summed E-state index contributed by atoms with van der Waals surface area (Å²) in [6.45, 7) is 4.89. The van der Waals surface area contributed by atoms with Gasteiger partial charge in [0.25, 0.3) is 0 Å². The molecule has 0 saturated carbocycles. The van der Waals surface area contributed by atoms with Crippen LogP contribution in [-0.2, 0) is 0 Å². The molecule has 18 heavy (non-hydrogen) atoms. The van der Waals surface area contributed by atoms with E-state index in [4.69, 9.17) is 0 Å². The van der Waals surface area contributed by atoms with E-state index < -0.39 is 0 Å².